The molecule has 0 bridgehead atoms. The Morgan fingerprint density at radius 1 is 1.35 bits per heavy atom. The number of hydrogen-bond acceptors (Lipinski definition) is 5. The van der Waals surface area contributed by atoms with E-state index in [1.807, 2.05) is 12.3 Å². The number of benzene rings is 1. The van der Waals surface area contributed by atoms with E-state index in [0.29, 0.717) is 35.3 Å². The van der Waals surface area contributed by atoms with E-state index in [-0.39, 0.29) is 23.4 Å². The number of nitrogens with zero attached hydrogens (tertiary/aromatic N) is 2. The normalized spacial score (nSPS) is 10.6. The number of anilines is 1. The van der Waals surface area contributed by atoms with E-state index in [9.17, 15) is 9.59 Å². The van der Waals surface area contributed by atoms with Gasteiger partial charge in [-0.25, -0.2) is 4.98 Å². The molecule has 0 saturated carbocycles. The largest absolute Gasteiger partial charge is 0.385 e. The zero-order valence-electron chi connectivity index (χ0n) is 14.4. The van der Waals surface area contributed by atoms with Gasteiger partial charge in [0, 0.05) is 30.7 Å². The van der Waals surface area contributed by atoms with Gasteiger partial charge < -0.3 is 15.0 Å². The first-order chi connectivity index (χ1) is 12.4. The summed E-state index contributed by atoms with van der Waals surface area (Å²) in [7, 11) is 1.58. The number of methoxy groups -OCH3 is 1. The van der Waals surface area contributed by atoms with Gasteiger partial charge in [-0.2, -0.15) is 0 Å². The van der Waals surface area contributed by atoms with Crippen LogP contribution < -0.4 is 5.32 Å². The summed E-state index contributed by atoms with van der Waals surface area (Å²) >= 11 is 13.4. The van der Waals surface area contributed by atoms with Gasteiger partial charge in [0.05, 0.1) is 16.3 Å². The number of amides is 2. The lowest BCUT2D eigenvalue weighted by Crippen LogP contribution is -2.39. The highest BCUT2D eigenvalue weighted by molar-refractivity contribution is 7.13. The number of rotatable bonds is 8. The highest BCUT2D eigenvalue weighted by Gasteiger charge is 2.21. The van der Waals surface area contributed by atoms with E-state index >= 15 is 0 Å². The minimum Gasteiger partial charge on any atom is -0.385 e. The summed E-state index contributed by atoms with van der Waals surface area (Å²) in [5.41, 5.74) is 1.12. The second kappa shape index (κ2) is 9.87. The molecule has 140 valence electrons. The third-order valence-electron chi connectivity index (χ3n) is 3.43. The maximum Gasteiger partial charge on any atom is 0.255 e. The Morgan fingerprint density at radius 2 is 2.12 bits per heavy atom. The van der Waals surface area contributed by atoms with Crippen molar-refractivity contribution in [3.8, 4) is 0 Å². The van der Waals surface area contributed by atoms with Gasteiger partial charge in [-0.3, -0.25) is 9.59 Å². The van der Waals surface area contributed by atoms with Crippen LogP contribution in [0.2, 0.25) is 10.0 Å². The molecule has 1 heterocycles. The average Bonchev–Trinajstić information content (AvgIpc) is 2.98. The fourth-order valence-corrected chi connectivity index (χ4v) is 3.42. The maximum atomic E-state index is 12.8. The lowest BCUT2D eigenvalue weighted by molar-refractivity contribution is -0.116. The van der Waals surface area contributed by atoms with Crippen molar-refractivity contribution >= 4 is 51.5 Å². The van der Waals surface area contributed by atoms with Crippen molar-refractivity contribution in [1.82, 2.24) is 9.88 Å². The Hall–Kier alpha value is -1.67. The Labute approximate surface area is 166 Å². The number of ether oxygens (including phenoxy) is 1. The van der Waals surface area contributed by atoms with E-state index in [1.54, 1.807) is 19.2 Å². The van der Waals surface area contributed by atoms with E-state index in [2.05, 4.69) is 10.3 Å². The molecule has 2 amide bonds. The number of carbonyl (C=O) groups is 2. The van der Waals surface area contributed by atoms with Crippen LogP contribution in [0.1, 0.15) is 22.5 Å². The second-order valence-corrected chi connectivity index (χ2v) is 7.24. The van der Waals surface area contributed by atoms with Gasteiger partial charge in [0.25, 0.3) is 5.91 Å². The second-order valence-electron chi connectivity index (χ2n) is 5.54. The molecule has 2 aromatic rings. The number of thiazole rings is 1. The van der Waals surface area contributed by atoms with Gasteiger partial charge in [0.15, 0.2) is 5.13 Å². The maximum absolute atomic E-state index is 12.8. The van der Waals surface area contributed by atoms with Gasteiger partial charge in [-0.15, -0.1) is 11.3 Å². The van der Waals surface area contributed by atoms with E-state index in [0.717, 1.165) is 5.69 Å². The first-order valence-electron chi connectivity index (χ1n) is 7.86. The summed E-state index contributed by atoms with van der Waals surface area (Å²) in [4.78, 5) is 30.8. The minimum absolute atomic E-state index is 0.111. The molecule has 0 spiro atoms. The molecule has 0 aliphatic carbocycles. The standard InChI is InChI=1S/C17H19Cl2N3O3S/c1-11-10-26-17(20-11)21-15(23)9-22(6-3-7-25-2)16(24)13-5-4-12(18)8-14(13)19/h4-5,8,10H,3,6-7,9H2,1-2H3,(H,20,21,23). The molecule has 1 aromatic carbocycles. The topological polar surface area (TPSA) is 71.5 Å². The molecule has 9 heteroatoms. The van der Waals surface area contributed by atoms with Gasteiger partial charge in [0.1, 0.15) is 6.54 Å². The predicted octanol–water partition coefficient (Wildman–Crippen LogP) is 3.88. The van der Waals surface area contributed by atoms with Crippen LogP contribution in [0, 0.1) is 6.92 Å². The van der Waals surface area contributed by atoms with Crippen LogP contribution in [0.5, 0.6) is 0 Å². The van der Waals surface area contributed by atoms with Crippen molar-refractivity contribution in [3.63, 3.8) is 0 Å². The number of nitrogens with one attached hydrogen (secondary N) is 1. The van der Waals surface area contributed by atoms with Crippen LogP contribution in [0.15, 0.2) is 23.6 Å². The summed E-state index contributed by atoms with van der Waals surface area (Å²) in [5, 5.41) is 5.73. The van der Waals surface area contributed by atoms with Crippen molar-refractivity contribution in [2.45, 2.75) is 13.3 Å². The van der Waals surface area contributed by atoms with Gasteiger partial charge in [-0.1, -0.05) is 23.2 Å². The predicted molar refractivity (Wildman–Crippen MR) is 104 cm³/mol. The quantitative estimate of drug-likeness (QED) is 0.663. The molecule has 1 aromatic heterocycles. The van der Waals surface area contributed by atoms with Crippen LogP contribution in [0.4, 0.5) is 5.13 Å². The van der Waals surface area contributed by atoms with Gasteiger partial charge in [0.2, 0.25) is 5.91 Å². The Morgan fingerprint density at radius 3 is 2.73 bits per heavy atom. The summed E-state index contributed by atoms with van der Waals surface area (Å²) in [5.74, 6) is -0.663. The van der Waals surface area contributed by atoms with Crippen molar-refractivity contribution in [3.05, 3.63) is 44.9 Å². The lowest BCUT2D eigenvalue weighted by atomic mass is 10.2. The SMILES string of the molecule is COCCCN(CC(=O)Nc1nc(C)cs1)C(=O)c1ccc(Cl)cc1Cl. The van der Waals surface area contributed by atoms with Crippen molar-refractivity contribution < 1.29 is 14.3 Å². The van der Waals surface area contributed by atoms with Crippen molar-refractivity contribution in [2.75, 3.05) is 32.1 Å². The zero-order valence-corrected chi connectivity index (χ0v) is 16.7. The molecule has 0 aliphatic heterocycles. The van der Waals surface area contributed by atoms with Gasteiger partial charge in [-0.05, 0) is 31.5 Å². The summed E-state index contributed by atoms with van der Waals surface area (Å²) in [6.45, 7) is 2.57. The molecule has 0 atom stereocenters. The number of aromatic nitrogens is 1. The fraction of sp³-hybridized carbons (Fsp3) is 0.353. The number of hydrogen-bond donors (Lipinski definition) is 1. The molecule has 0 radical (unpaired) electrons. The van der Waals surface area contributed by atoms with Crippen molar-refractivity contribution in [1.29, 1.82) is 0 Å². The highest BCUT2D eigenvalue weighted by Crippen LogP contribution is 2.22. The molecule has 26 heavy (non-hydrogen) atoms. The van der Waals surface area contributed by atoms with Crippen LogP contribution in [-0.4, -0.2) is 48.5 Å². The molecule has 2 rings (SSSR count). The first kappa shape index (κ1) is 20.6. The van der Waals surface area contributed by atoms with E-state index < -0.39 is 0 Å². The molecule has 1 N–H and O–H groups in total. The summed E-state index contributed by atoms with van der Waals surface area (Å²) < 4.78 is 5.03. The van der Waals surface area contributed by atoms with Gasteiger partial charge >= 0.3 is 0 Å². The molecular formula is C17H19Cl2N3O3S. The van der Waals surface area contributed by atoms with Crippen molar-refractivity contribution in [2.24, 2.45) is 0 Å². The molecule has 6 nitrogen and oxygen atoms in total. The molecular weight excluding hydrogens is 397 g/mol. The monoisotopic (exact) mass is 415 g/mol. The van der Waals surface area contributed by atoms with Crippen LogP contribution in [0.3, 0.4) is 0 Å². The van der Waals surface area contributed by atoms with Crippen LogP contribution in [0.25, 0.3) is 0 Å². The zero-order chi connectivity index (χ0) is 19.1. The third kappa shape index (κ3) is 5.95. The third-order valence-corrected chi connectivity index (χ3v) is 4.85. The number of carbonyl (C=O) groups excluding carboxylic acids is 2. The Kier molecular flexibility index (Phi) is 7.84. The fourth-order valence-electron chi connectivity index (χ4n) is 2.23. The summed E-state index contributed by atoms with van der Waals surface area (Å²) in [6.07, 6.45) is 0.594. The summed E-state index contributed by atoms with van der Waals surface area (Å²) in [6, 6.07) is 4.65. The smallest absolute Gasteiger partial charge is 0.255 e. The van der Waals surface area contributed by atoms with Crippen LogP contribution in [-0.2, 0) is 9.53 Å². The molecule has 0 aliphatic rings. The number of halogens is 2. The average molecular weight is 416 g/mol. The lowest BCUT2D eigenvalue weighted by Gasteiger charge is -2.22. The molecule has 0 saturated heterocycles. The number of aryl methyl sites for hydroxylation is 1. The molecule has 0 fully saturated rings. The Balaban J connectivity index is 2.10. The van der Waals surface area contributed by atoms with E-state index in [1.165, 1.54) is 22.3 Å². The van der Waals surface area contributed by atoms with Crippen LogP contribution >= 0.6 is 34.5 Å². The first-order valence-corrected chi connectivity index (χ1v) is 9.49. The molecule has 0 unspecified atom stereocenters. The minimum atomic E-state index is -0.340. The van der Waals surface area contributed by atoms with E-state index in [4.69, 9.17) is 27.9 Å². The highest BCUT2D eigenvalue weighted by atomic mass is 35.5. The Bertz CT molecular complexity index is 782.